The molecule has 0 amide bonds. The summed E-state index contributed by atoms with van der Waals surface area (Å²) in [4.78, 5) is 8.25. The summed E-state index contributed by atoms with van der Waals surface area (Å²) in [6.45, 7) is 15.3. The van der Waals surface area contributed by atoms with E-state index in [0.29, 0.717) is 0 Å². The van der Waals surface area contributed by atoms with Crippen molar-refractivity contribution in [2.45, 2.75) is 51.4 Å². The van der Waals surface area contributed by atoms with Gasteiger partial charge in [-0.15, -0.1) is 6.58 Å². The first-order valence-corrected chi connectivity index (χ1v) is 11.8. The Morgan fingerprint density at radius 3 is 2.60 bits per heavy atom. The lowest BCUT2D eigenvalue weighted by Crippen LogP contribution is -2.42. The number of para-hydroxylation sites is 1. The van der Waals surface area contributed by atoms with Crippen LogP contribution >= 0.6 is 0 Å². The van der Waals surface area contributed by atoms with Gasteiger partial charge in [0.05, 0.1) is 17.3 Å². The zero-order valence-electron chi connectivity index (χ0n) is 15.9. The van der Waals surface area contributed by atoms with Gasteiger partial charge in [-0.25, -0.2) is 0 Å². The molecule has 132 valence electrons. The van der Waals surface area contributed by atoms with Crippen LogP contribution in [0.3, 0.4) is 0 Å². The molecule has 3 rings (SSSR count). The molecule has 3 aromatic rings. The van der Waals surface area contributed by atoms with Gasteiger partial charge in [0.2, 0.25) is 0 Å². The van der Waals surface area contributed by atoms with E-state index in [0.717, 1.165) is 23.1 Å². The summed E-state index contributed by atoms with van der Waals surface area (Å²) in [5.41, 5.74) is 3.20. The van der Waals surface area contributed by atoms with Crippen molar-refractivity contribution >= 4 is 30.1 Å². The maximum Gasteiger partial charge on any atom is 0.193 e. The average molecular weight is 353 g/mol. The van der Waals surface area contributed by atoms with Gasteiger partial charge < -0.3 is 9.41 Å². The van der Waals surface area contributed by atoms with Crippen LogP contribution in [0.1, 0.15) is 39.0 Å². The van der Waals surface area contributed by atoms with E-state index in [4.69, 9.17) is 9.41 Å². The molecule has 0 aliphatic rings. The number of benzene rings is 1. The number of fused-ring (bicyclic) bond motifs is 3. The predicted molar refractivity (Wildman–Crippen MR) is 109 cm³/mol. The van der Waals surface area contributed by atoms with Crippen molar-refractivity contribution in [3.8, 4) is 0 Å². The van der Waals surface area contributed by atoms with E-state index in [-0.39, 0.29) is 11.1 Å². The summed E-state index contributed by atoms with van der Waals surface area (Å²) in [6.07, 6.45) is 4.51. The third-order valence-electron chi connectivity index (χ3n) is 5.39. The minimum atomic E-state index is -1.92. The standard InChI is InChI=1S/C21H28N2OSi/c1-7-10-18(24-25(5,6)21(2,3)4)20-19-16(13-14-22-20)15-11-8-9-12-17(15)23-19/h7-9,11-14,18,23H,1,10H2,2-6H3. The first kappa shape index (κ1) is 17.9. The number of rotatable bonds is 5. The first-order chi connectivity index (χ1) is 11.7. The molecule has 0 spiro atoms. The van der Waals surface area contributed by atoms with Crippen LogP contribution in [0.25, 0.3) is 21.8 Å². The number of pyridine rings is 1. The summed E-state index contributed by atoms with van der Waals surface area (Å²) in [6, 6.07) is 10.5. The zero-order valence-corrected chi connectivity index (χ0v) is 16.9. The van der Waals surface area contributed by atoms with E-state index in [1.807, 2.05) is 12.3 Å². The number of nitrogens with one attached hydrogen (secondary N) is 1. The smallest absolute Gasteiger partial charge is 0.193 e. The summed E-state index contributed by atoms with van der Waals surface area (Å²) < 4.78 is 6.72. The molecule has 3 nitrogen and oxygen atoms in total. The van der Waals surface area contributed by atoms with Crippen LogP contribution in [0.5, 0.6) is 0 Å². The SMILES string of the molecule is C=CCC(O[Si](C)(C)C(C)(C)C)c1nccc2c1[nH]c1ccccc12. The molecule has 1 unspecified atom stereocenters. The van der Waals surface area contributed by atoms with Crippen molar-refractivity contribution < 1.29 is 4.43 Å². The van der Waals surface area contributed by atoms with Crippen molar-refractivity contribution in [3.63, 3.8) is 0 Å². The largest absolute Gasteiger partial charge is 0.408 e. The number of aromatic amines is 1. The molecule has 0 bridgehead atoms. The van der Waals surface area contributed by atoms with Crippen molar-refractivity contribution in [2.75, 3.05) is 0 Å². The molecule has 4 heteroatoms. The molecule has 2 aromatic heterocycles. The second-order valence-corrected chi connectivity index (χ2v) is 12.9. The van der Waals surface area contributed by atoms with Gasteiger partial charge in [-0.2, -0.15) is 0 Å². The van der Waals surface area contributed by atoms with E-state index in [1.54, 1.807) is 0 Å². The molecule has 1 atom stereocenters. The van der Waals surface area contributed by atoms with Gasteiger partial charge in [0, 0.05) is 22.5 Å². The summed E-state index contributed by atoms with van der Waals surface area (Å²) in [5.74, 6) is 0. The monoisotopic (exact) mass is 352 g/mol. The third kappa shape index (κ3) is 3.28. The van der Waals surface area contributed by atoms with Crippen LogP contribution < -0.4 is 0 Å². The first-order valence-electron chi connectivity index (χ1n) is 8.88. The minimum Gasteiger partial charge on any atom is -0.408 e. The topological polar surface area (TPSA) is 37.9 Å². The maximum absolute atomic E-state index is 6.72. The Morgan fingerprint density at radius 2 is 1.92 bits per heavy atom. The molecule has 25 heavy (non-hydrogen) atoms. The van der Waals surface area contributed by atoms with E-state index in [9.17, 15) is 0 Å². The van der Waals surface area contributed by atoms with Crippen LogP contribution in [0.4, 0.5) is 0 Å². The van der Waals surface area contributed by atoms with E-state index in [1.165, 1.54) is 10.8 Å². The number of H-pyrrole nitrogens is 1. The van der Waals surface area contributed by atoms with Gasteiger partial charge in [0.1, 0.15) is 0 Å². The highest BCUT2D eigenvalue weighted by Crippen LogP contribution is 2.41. The Labute approximate surface area is 151 Å². The molecule has 0 fully saturated rings. The number of hydrogen-bond acceptors (Lipinski definition) is 2. The summed E-state index contributed by atoms with van der Waals surface area (Å²) in [7, 11) is -1.92. The Bertz CT molecular complexity index is 905. The molecule has 2 heterocycles. The Hall–Kier alpha value is -1.91. The fourth-order valence-corrected chi connectivity index (χ4v) is 4.21. The molecule has 0 saturated carbocycles. The highest BCUT2D eigenvalue weighted by molar-refractivity contribution is 6.74. The Kier molecular flexibility index (Phi) is 4.60. The lowest BCUT2D eigenvalue weighted by Gasteiger charge is -2.39. The minimum absolute atomic E-state index is 0.0739. The van der Waals surface area contributed by atoms with Gasteiger partial charge in [-0.1, -0.05) is 45.0 Å². The van der Waals surface area contributed by atoms with Crippen molar-refractivity contribution in [2.24, 2.45) is 0 Å². The quantitative estimate of drug-likeness (QED) is 0.429. The van der Waals surface area contributed by atoms with Gasteiger partial charge in [0.15, 0.2) is 8.32 Å². The van der Waals surface area contributed by atoms with Gasteiger partial charge >= 0.3 is 0 Å². The Morgan fingerprint density at radius 1 is 1.20 bits per heavy atom. The fraction of sp³-hybridized carbons (Fsp3) is 0.381. The fourth-order valence-electron chi connectivity index (χ4n) is 2.94. The third-order valence-corrected chi connectivity index (χ3v) is 9.87. The normalized spacial score (nSPS) is 14.1. The lowest BCUT2D eigenvalue weighted by atomic mass is 10.1. The van der Waals surface area contributed by atoms with Crippen molar-refractivity contribution in [1.29, 1.82) is 0 Å². The predicted octanol–water partition coefficient (Wildman–Crippen LogP) is 6.36. The van der Waals surface area contributed by atoms with Crippen LogP contribution in [0, 0.1) is 0 Å². The van der Waals surface area contributed by atoms with Gasteiger partial charge in [-0.05, 0) is 36.7 Å². The second kappa shape index (κ2) is 6.43. The summed E-state index contributed by atoms with van der Waals surface area (Å²) in [5, 5.41) is 2.58. The number of aromatic nitrogens is 2. The van der Waals surface area contributed by atoms with Crippen molar-refractivity contribution in [3.05, 3.63) is 54.9 Å². The zero-order chi connectivity index (χ0) is 18.2. The van der Waals surface area contributed by atoms with E-state index < -0.39 is 8.32 Å². The van der Waals surface area contributed by atoms with E-state index in [2.05, 4.69) is 75.8 Å². The molecule has 1 N–H and O–H groups in total. The highest BCUT2D eigenvalue weighted by atomic mass is 28.4. The summed E-state index contributed by atoms with van der Waals surface area (Å²) >= 11 is 0. The van der Waals surface area contributed by atoms with Crippen LogP contribution in [0.15, 0.2) is 49.2 Å². The molecule has 0 radical (unpaired) electrons. The van der Waals surface area contributed by atoms with Gasteiger partial charge in [-0.3, -0.25) is 4.98 Å². The van der Waals surface area contributed by atoms with Crippen molar-refractivity contribution in [1.82, 2.24) is 9.97 Å². The molecular weight excluding hydrogens is 324 g/mol. The molecule has 0 aliphatic heterocycles. The second-order valence-electron chi connectivity index (χ2n) is 8.18. The molecule has 0 aliphatic carbocycles. The van der Waals surface area contributed by atoms with Gasteiger partial charge in [0.25, 0.3) is 0 Å². The molecule has 1 aromatic carbocycles. The lowest BCUT2D eigenvalue weighted by molar-refractivity contribution is 0.183. The average Bonchev–Trinajstić information content (AvgIpc) is 2.92. The van der Waals surface area contributed by atoms with E-state index >= 15 is 0 Å². The molecule has 0 saturated heterocycles. The highest BCUT2D eigenvalue weighted by Gasteiger charge is 2.39. The van der Waals surface area contributed by atoms with Crippen LogP contribution in [-0.2, 0) is 4.43 Å². The Balaban J connectivity index is 2.12. The van der Waals surface area contributed by atoms with Crippen LogP contribution in [-0.4, -0.2) is 18.3 Å². The molecular formula is C21H28N2OSi. The number of hydrogen-bond donors (Lipinski definition) is 1. The number of nitrogens with zero attached hydrogens (tertiary/aromatic N) is 1. The maximum atomic E-state index is 6.72. The van der Waals surface area contributed by atoms with Crippen LogP contribution in [0.2, 0.25) is 18.1 Å².